The molecule has 4 nitrogen and oxygen atoms in total. The van der Waals surface area contributed by atoms with Crippen LogP contribution in [0.2, 0.25) is 0 Å². The Kier molecular flexibility index (Phi) is 7.02. The Balaban J connectivity index is 1.67. The lowest BCUT2D eigenvalue weighted by atomic mass is 10.1. The molecule has 2 aromatic rings. The van der Waals surface area contributed by atoms with Gasteiger partial charge in [-0.3, -0.25) is 0 Å². The molecule has 0 aliphatic heterocycles. The van der Waals surface area contributed by atoms with Crippen LogP contribution < -0.4 is 5.32 Å². The van der Waals surface area contributed by atoms with Crippen LogP contribution in [-0.2, 0) is 11.3 Å². The molecule has 0 aliphatic carbocycles. The summed E-state index contributed by atoms with van der Waals surface area (Å²) in [7, 11) is 1.78. The second kappa shape index (κ2) is 9.02. The SMILES string of the molecule is CN(CCCNCc1cc(-c2ccccc2)cs1)C(=O)OC(C)(C)C. The van der Waals surface area contributed by atoms with Crippen LogP contribution in [0.4, 0.5) is 4.79 Å². The summed E-state index contributed by atoms with van der Waals surface area (Å²) >= 11 is 1.77. The maximum Gasteiger partial charge on any atom is 0.410 e. The predicted molar refractivity (Wildman–Crippen MR) is 105 cm³/mol. The van der Waals surface area contributed by atoms with Crippen molar-refractivity contribution in [2.45, 2.75) is 39.3 Å². The summed E-state index contributed by atoms with van der Waals surface area (Å²) in [6.07, 6.45) is 0.630. The quantitative estimate of drug-likeness (QED) is 0.724. The van der Waals surface area contributed by atoms with E-state index >= 15 is 0 Å². The molecule has 2 rings (SSSR count). The molecule has 5 heteroatoms. The van der Waals surface area contributed by atoms with E-state index in [4.69, 9.17) is 4.74 Å². The fraction of sp³-hybridized carbons (Fsp3) is 0.450. The molecule has 0 aliphatic rings. The number of hydrogen-bond acceptors (Lipinski definition) is 4. The number of carbonyl (C=O) groups excluding carboxylic acids is 1. The molecule has 1 amide bonds. The number of hydrogen-bond donors (Lipinski definition) is 1. The Labute approximate surface area is 154 Å². The second-order valence-electron chi connectivity index (χ2n) is 7.10. The van der Waals surface area contributed by atoms with E-state index in [0.29, 0.717) is 6.54 Å². The van der Waals surface area contributed by atoms with E-state index in [1.54, 1.807) is 23.3 Å². The van der Waals surface area contributed by atoms with E-state index in [9.17, 15) is 4.79 Å². The number of ether oxygens (including phenoxy) is 1. The van der Waals surface area contributed by atoms with E-state index in [2.05, 4.69) is 41.0 Å². The molecule has 25 heavy (non-hydrogen) atoms. The molecule has 136 valence electrons. The van der Waals surface area contributed by atoms with Crippen molar-refractivity contribution < 1.29 is 9.53 Å². The lowest BCUT2D eigenvalue weighted by Crippen LogP contribution is -2.35. The molecule has 0 spiro atoms. The topological polar surface area (TPSA) is 41.6 Å². The normalized spacial score (nSPS) is 11.4. The summed E-state index contributed by atoms with van der Waals surface area (Å²) in [4.78, 5) is 14.8. The molecule has 1 aromatic heterocycles. The van der Waals surface area contributed by atoms with Gasteiger partial charge in [0.15, 0.2) is 0 Å². The van der Waals surface area contributed by atoms with Gasteiger partial charge in [0, 0.05) is 25.0 Å². The minimum atomic E-state index is -0.445. The van der Waals surface area contributed by atoms with E-state index in [1.807, 2.05) is 26.8 Å². The monoisotopic (exact) mass is 360 g/mol. The summed E-state index contributed by atoms with van der Waals surface area (Å²) in [6.45, 7) is 8.04. The predicted octanol–water partition coefficient (Wildman–Crippen LogP) is 4.76. The zero-order valence-electron chi connectivity index (χ0n) is 15.5. The van der Waals surface area contributed by atoms with E-state index in [1.165, 1.54) is 16.0 Å². The zero-order valence-corrected chi connectivity index (χ0v) is 16.4. The fourth-order valence-electron chi connectivity index (χ4n) is 2.34. The maximum absolute atomic E-state index is 11.9. The molecule has 0 fully saturated rings. The van der Waals surface area contributed by atoms with Crippen molar-refractivity contribution in [3.63, 3.8) is 0 Å². The number of amides is 1. The third-order valence-electron chi connectivity index (χ3n) is 3.61. The lowest BCUT2D eigenvalue weighted by Gasteiger charge is -2.24. The highest BCUT2D eigenvalue weighted by atomic mass is 32.1. The minimum Gasteiger partial charge on any atom is -0.444 e. The average Bonchev–Trinajstić information content (AvgIpc) is 3.02. The number of rotatable bonds is 7. The van der Waals surface area contributed by atoms with Crippen LogP contribution in [0.1, 0.15) is 32.1 Å². The van der Waals surface area contributed by atoms with E-state index in [-0.39, 0.29) is 6.09 Å². The molecular weight excluding hydrogens is 332 g/mol. The molecule has 1 heterocycles. The van der Waals surface area contributed by atoms with Gasteiger partial charge in [-0.05, 0) is 56.3 Å². The first-order valence-corrected chi connectivity index (χ1v) is 9.51. The van der Waals surface area contributed by atoms with Gasteiger partial charge in [-0.1, -0.05) is 30.3 Å². The maximum atomic E-state index is 11.9. The average molecular weight is 361 g/mol. The highest BCUT2D eigenvalue weighted by Gasteiger charge is 2.18. The summed E-state index contributed by atoms with van der Waals surface area (Å²) in [5.41, 5.74) is 2.08. The molecule has 0 saturated carbocycles. The molecule has 1 aromatic carbocycles. The highest BCUT2D eigenvalue weighted by Crippen LogP contribution is 2.25. The van der Waals surface area contributed by atoms with Crippen LogP contribution in [0.3, 0.4) is 0 Å². The fourth-order valence-corrected chi connectivity index (χ4v) is 3.20. The number of thiophene rings is 1. The third kappa shape index (κ3) is 6.88. The van der Waals surface area contributed by atoms with Crippen molar-refractivity contribution in [3.05, 3.63) is 46.7 Å². The summed E-state index contributed by atoms with van der Waals surface area (Å²) in [5, 5.41) is 5.64. The first-order valence-electron chi connectivity index (χ1n) is 8.63. The van der Waals surface area contributed by atoms with Gasteiger partial charge >= 0.3 is 6.09 Å². The Hall–Kier alpha value is -1.85. The molecule has 1 N–H and O–H groups in total. The smallest absolute Gasteiger partial charge is 0.410 e. The first kappa shape index (κ1) is 19.5. The molecule has 0 saturated heterocycles. The summed E-state index contributed by atoms with van der Waals surface area (Å²) in [6, 6.07) is 12.7. The molecule has 0 atom stereocenters. The van der Waals surface area contributed by atoms with Gasteiger partial charge in [-0.25, -0.2) is 4.79 Å². The number of nitrogens with zero attached hydrogens (tertiary/aromatic N) is 1. The Bertz CT molecular complexity index is 662. The van der Waals surface area contributed by atoms with Crippen LogP contribution in [0, 0.1) is 0 Å². The standard InChI is InChI=1S/C20H28N2O2S/c1-20(2,3)24-19(23)22(4)12-8-11-21-14-18-13-17(15-25-18)16-9-6-5-7-10-16/h5-7,9-10,13,15,21H,8,11-12,14H2,1-4H3. The zero-order chi connectivity index (χ0) is 18.3. The minimum absolute atomic E-state index is 0.266. The molecule has 0 radical (unpaired) electrons. The number of benzene rings is 1. The molecule has 0 unspecified atom stereocenters. The second-order valence-corrected chi connectivity index (χ2v) is 8.10. The van der Waals surface area contributed by atoms with E-state index < -0.39 is 5.60 Å². The Morgan fingerprint density at radius 1 is 1.20 bits per heavy atom. The van der Waals surface area contributed by atoms with Gasteiger partial charge in [0.05, 0.1) is 0 Å². The molecule has 0 bridgehead atoms. The van der Waals surface area contributed by atoms with Gasteiger partial charge in [0.1, 0.15) is 5.60 Å². The summed E-state index contributed by atoms with van der Waals surface area (Å²) < 4.78 is 5.34. The van der Waals surface area contributed by atoms with Crippen molar-refractivity contribution >= 4 is 17.4 Å². The van der Waals surface area contributed by atoms with Crippen LogP contribution >= 0.6 is 11.3 Å². The van der Waals surface area contributed by atoms with E-state index in [0.717, 1.165) is 19.5 Å². The van der Waals surface area contributed by atoms with Crippen LogP contribution in [-0.4, -0.2) is 36.7 Å². The van der Waals surface area contributed by atoms with Crippen LogP contribution in [0.25, 0.3) is 11.1 Å². The van der Waals surface area contributed by atoms with Crippen LogP contribution in [0.5, 0.6) is 0 Å². The van der Waals surface area contributed by atoms with Gasteiger partial charge in [-0.15, -0.1) is 11.3 Å². The van der Waals surface area contributed by atoms with Gasteiger partial charge in [0.25, 0.3) is 0 Å². The highest BCUT2D eigenvalue weighted by molar-refractivity contribution is 7.10. The number of carbonyl (C=O) groups is 1. The Morgan fingerprint density at radius 3 is 2.60 bits per heavy atom. The largest absolute Gasteiger partial charge is 0.444 e. The lowest BCUT2D eigenvalue weighted by molar-refractivity contribution is 0.0297. The molecular formula is C20H28N2O2S. The van der Waals surface area contributed by atoms with Gasteiger partial charge in [0.2, 0.25) is 0 Å². The van der Waals surface area contributed by atoms with Crippen molar-refractivity contribution in [2.24, 2.45) is 0 Å². The third-order valence-corrected chi connectivity index (χ3v) is 4.55. The number of nitrogens with one attached hydrogen (secondary N) is 1. The van der Waals surface area contributed by atoms with Gasteiger partial charge in [-0.2, -0.15) is 0 Å². The van der Waals surface area contributed by atoms with Crippen LogP contribution in [0.15, 0.2) is 41.8 Å². The van der Waals surface area contributed by atoms with Crippen molar-refractivity contribution in [1.29, 1.82) is 0 Å². The van der Waals surface area contributed by atoms with Crippen molar-refractivity contribution in [3.8, 4) is 11.1 Å². The van der Waals surface area contributed by atoms with Crippen molar-refractivity contribution in [2.75, 3.05) is 20.1 Å². The van der Waals surface area contributed by atoms with Crippen molar-refractivity contribution in [1.82, 2.24) is 10.2 Å². The summed E-state index contributed by atoms with van der Waals surface area (Å²) in [5.74, 6) is 0. The van der Waals surface area contributed by atoms with Gasteiger partial charge < -0.3 is 15.0 Å². The Morgan fingerprint density at radius 2 is 1.92 bits per heavy atom. The first-order chi connectivity index (χ1) is 11.8.